The average Bonchev–Trinajstić information content (AvgIpc) is 2.05. The number of nitrogens with two attached hydrogens (primary N) is 1. The van der Waals surface area contributed by atoms with E-state index >= 15 is 0 Å². The van der Waals surface area contributed by atoms with E-state index in [0.717, 1.165) is 6.42 Å². The molecule has 2 unspecified atom stereocenters. The first kappa shape index (κ1) is 8.49. The van der Waals surface area contributed by atoms with Crippen molar-refractivity contribution in [2.75, 3.05) is 13.2 Å². The Kier molecular flexibility index (Phi) is 2.84. The predicted molar refractivity (Wildman–Crippen MR) is 39.8 cm³/mol. The third-order valence-electron chi connectivity index (χ3n) is 2.03. The van der Waals surface area contributed by atoms with Gasteiger partial charge in [0.25, 0.3) is 0 Å². The zero-order valence-corrected chi connectivity index (χ0v) is 6.36. The fourth-order valence-corrected chi connectivity index (χ4v) is 1.29. The summed E-state index contributed by atoms with van der Waals surface area (Å²) in [6.07, 6.45) is 1.49. The zero-order chi connectivity index (χ0) is 8.27. The number of aliphatic hydroxyl groups excluding tert-OH is 1. The van der Waals surface area contributed by atoms with Crippen molar-refractivity contribution >= 4 is 5.91 Å². The minimum Gasteiger partial charge on any atom is -0.396 e. The van der Waals surface area contributed by atoms with Crippen LogP contribution in [0.15, 0.2) is 0 Å². The van der Waals surface area contributed by atoms with Crippen LogP contribution in [0.4, 0.5) is 0 Å². The molecule has 0 aromatic carbocycles. The summed E-state index contributed by atoms with van der Waals surface area (Å²) in [5.41, 5.74) is 5.07. The number of hydrogen-bond acceptors (Lipinski definition) is 2. The predicted octanol–water partition coefficient (Wildman–Crippen LogP) is -1.15. The summed E-state index contributed by atoms with van der Waals surface area (Å²) in [5.74, 6) is -0.159. The van der Waals surface area contributed by atoms with E-state index in [1.807, 2.05) is 0 Å². The van der Waals surface area contributed by atoms with Crippen molar-refractivity contribution in [2.24, 2.45) is 11.7 Å². The minimum atomic E-state index is -0.372. The zero-order valence-electron chi connectivity index (χ0n) is 6.36. The molecule has 1 rings (SSSR count). The molecule has 0 bridgehead atoms. The van der Waals surface area contributed by atoms with Crippen molar-refractivity contribution in [1.82, 2.24) is 5.32 Å². The molecule has 0 aliphatic carbocycles. The van der Waals surface area contributed by atoms with Crippen molar-refractivity contribution in [3.8, 4) is 0 Å². The number of rotatable bonds is 2. The first-order chi connectivity index (χ1) is 5.24. The lowest BCUT2D eigenvalue weighted by atomic mass is 9.93. The highest BCUT2D eigenvalue weighted by molar-refractivity contribution is 5.79. The molecule has 0 aromatic rings. The van der Waals surface area contributed by atoms with Crippen molar-refractivity contribution in [3.63, 3.8) is 0 Å². The van der Waals surface area contributed by atoms with Gasteiger partial charge in [-0.05, 0) is 18.8 Å². The molecule has 63 valence electrons. The molecule has 3 N–H and O–H groups in total. The molecule has 1 saturated heterocycles. The topological polar surface area (TPSA) is 77.4 Å². The Morgan fingerprint density at radius 3 is 3.00 bits per heavy atom. The molecular weight excluding hydrogens is 144 g/mol. The number of carbonyl (C=O) groups is 1. The summed E-state index contributed by atoms with van der Waals surface area (Å²) in [6.45, 7) is 0.790. The number of aliphatic hydroxyl groups is 1. The fourth-order valence-electron chi connectivity index (χ4n) is 1.29. The summed E-state index contributed by atoms with van der Waals surface area (Å²) in [7, 11) is 0. The van der Waals surface area contributed by atoms with Gasteiger partial charge in [0.2, 0.25) is 5.91 Å². The Bertz CT molecular complexity index is 149. The number of primary amides is 1. The highest BCUT2D eigenvalue weighted by Gasteiger charge is 2.25. The summed E-state index contributed by atoms with van der Waals surface area (Å²) < 4.78 is 0. The summed E-state index contributed by atoms with van der Waals surface area (Å²) in [5, 5.41) is 12.8. The Morgan fingerprint density at radius 1 is 1.73 bits per heavy atom. The van der Waals surface area contributed by atoms with Crippen LogP contribution in [0.5, 0.6) is 0 Å². The number of piperidine rings is 1. The summed E-state index contributed by atoms with van der Waals surface area (Å²) in [6, 6.07) is -0.360. The Morgan fingerprint density at radius 2 is 2.45 bits per heavy atom. The maximum absolute atomic E-state index is 10.7. The SMILES string of the molecule is NC(=O)C1CC(CO)CC[N]1. The molecule has 11 heavy (non-hydrogen) atoms. The van der Waals surface area contributed by atoms with Gasteiger partial charge in [0.05, 0.1) is 0 Å². The molecule has 0 aromatic heterocycles. The van der Waals surface area contributed by atoms with E-state index in [4.69, 9.17) is 10.8 Å². The molecule has 1 fully saturated rings. The monoisotopic (exact) mass is 157 g/mol. The normalized spacial score (nSPS) is 31.7. The fraction of sp³-hybridized carbons (Fsp3) is 0.857. The molecular formula is C7H13N2O2. The molecule has 1 heterocycles. The van der Waals surface area contributed by atoms with Gasteiger partial charge in [0.15, 0.2) is 0 Å². The van der Waals surface area contributed by atoms with Gasteiger partial charge in [-0.1, -0.05) is 0 Å². The van der Waals surface area contributed by atoms with Gasteiger partial charge in [0.1, 0.15) is 6.04 Å². The van der Waals surface area contributed by atoms with E-state index in [9.17, 15) is 4.79 Å². The number of carbonyl (C=O) groups excluding carboxylic acids is 1. The Balaban J connectivity index is 2.39. The van der Waals surface area contributed by atoms with Crippen LogP contribution in [0.2, 0.25) is 0 Å². The van der Waals surface area contributed by atoms with Crippen LogP contribution in [-0.2, 0) is 4.79 Å². The molecule has 4 heteroatoms. The largest absolute Gasteiger partial charge is 0.396 e. The van der Waals surface area contributed by atoms with Crippen LogP contribution >= 0.6 is 0 Å². The second-order valence-electron chi connectivity index (χ2n) is 2.90. The quantitative estimate of drug-likeness (QED) is 0.530. The molecule has 0 saturated carbocycles. The molecule has 4 nitrogen and oxygen atoms in total. The maximum Gasteiger partial charge on any atom is 0.236 e. The molecule has 1 aliphatic heterocycles. The Labute approximate surface area is 65.8 Å². The van der Waals surface area contributed by atoms with Crippen LogP contribution < -0.4 is 11.1 Å². The first-order valence-corrected chi connectivity index (χ1v) is 3.81. The van der Waals surface area contributed by atoms with Gasteiger partial charge in [-0.15, -0.1) is 0 Å². The highest BCUT2D eigenvalue weighted by Crippen LogP contribution is 2.15. The standard InChI is InChI=1S/C7H13N2O2/c8-7(11)6-3-5(4-10)1-2-9-6/h5-6,10H,1-4H2,(H2,8,11). The third kappa shape index (κ3) is 2.17. The van der Waals surface area contributed by atoms with Gasteiger partial charge in [0, 0.05) is 13.2 Å². The van der Waals surface area contributed by atoms with Crippen molar-refractivity contribution in [1.29, 1.82) is 0 Å². The van der Waals surface area contributed by atoms with E-state index in [2.05, 4.69) is 5.32 Å². The van der Waals surface area contributed by atoms with Gasteiger partial charge in [-0.2, -0.15) is 0 Å². The molecule has 2 atom stereocenters. The van der Waals surface area contributed by atoms with Crippen LogP contribution in [0, 0.1) is 5.92 Å². The third-order valence-corrected chi connectivity index (χ3v) is 2.03. The van der Waals surface area contributed by atoms with Crippen molar-refractivity contribution in [2.45, 2.75) is 18.9 Å². The van der Waals surface area contributed by atoms with E-state index in [1.54, 1.807) is 0 Å². The van der Waals surface area contributed by atoms with Gasteiger partial charge in [-0.25, -0.2) is 5.32 Å². The van der Waals surface area contributed by atoms with Gasteiger partial charge in [-0.3, -0.25) is 4.79 Å². The second-order valence-corrected chi connectivity index (χ2v) is 2.90. The van der Waals surface area contributed by atoms with E-state index < -0.39 is 0 Å². The van der Waals surface area contributed by atoms with Gasteiger partial charge < -0.3 is 10.8 Å². The number of hydrogen-bond donors (Lipinski definition) is 2. The van der Waals surface area contributed by atoms with Gasteiger partial charge >= 0.3 is 0 Å². The lowest BCUT2D eigenvalue weighted by molar-refractivity contribution is -0.121. The van der Waals surface area contributed by atoms with E-state index in [0.29, 0.717) is 13.0 Å². The number of amides is 1. The maximum atomic E-state index is 10.7. The number of nitrogens with zero attached hydrogens (tertiary/aromatic N) is 1. The molecule has 0 spiro atoms. The second kappa shape index (κ2) is 3.69. The molecule has 1 radical (unpaired) electrons. The van der Waals surface area contributed by atoms with Crippen molar-refractivity contribution in [3.05, 3.63) is 0 Å². The average molecular weight is 157 g/mol. The Hall–Kier alpha value is -0.610. The smallest absolute Gasteiger partial charge is 0.236 e. The summed E-state index contributed by atoms with van der Waals surface area (Å²) in [4.78, 5) is 10.7. The van der Waals surface area contributed by atoms with Crippen LogP contribution in [-0.4, -0.2) is 30.2 Å². The molecule has 1 aliphatic rings. The van der Waals surface area contributed by atoms with Crippen LogP contribution in [0.1, 0.15) is 12.8 Å². The van der Waals surface area contributed by atoms with E-state index in [-0.39, 0.29) is 24.5 Å². The van der Waals surface area contributed by atoms with E-state index in [1.165, 1.54) is 0 Å². The minimum absolute atomic E-state index is 0.138. The van der Waals surface area contributed by atoms with Crippen LogP contribution in [0.25, 0.3) is 0 Å². The lowest BCUT2D eigenvalue weighted by Gasteiger charge is -2.25. The summed E-state index contributed by atoms with van der Waals surface area (Å²) >= 11 is 0. The molecule has 1 amide bonds. The first-order valence-electron chi connectivity index (χ1n) is 3.81. The van der Waals surface area contributed by atoms with Crippen molar-refractivity contribution < 1.29 is 9.90 Å². The van der Waals surface area contributed by atoms with Crippen LogP contribution in [0.3, 0.4) is 0 Å². The lowest BCUT2D eigenvalue weighted by Crippen LogP contribution is -2.43. The highest BCUT2D eigenvalue weighted by atomic mass is 16.3.